The molecule has 0 saturated heterocycles. The number of nitrogens with one attached hydrogen (secondary N) is 1. The average Bonchev–Trinajstić information content (AvgIpc) is 2.57. The topological polar surface area (TPSA) is 73.6 Å². The molecule has 1 aromatic carbocycles. The Kier molecular flexibility index (Phi) is 7.00. The third-order valence-electron chi connectivity index (χ3n) is 4.38. The van der Waals surface area contributed by atoms with E-state index in [9.17, 15) is 18.0 Å². The smallest absolute Gasteiger partial charge is 0.391 e. The molecule has 0 bridgehead atoms. The molecule has 1 aliphatic carbocycles. The number of benzene rings is 1. The number of primary amides is 1. The Hall–Kier alpha value is -1.67. The number of ether oxygens (including phenoxy) is 2. The monoisotopic (exact) mass is 394 g/mol. The van der Waals surface area contributed by atoms with Crippen LogP contribution in [-0.4, -0.2) is 31.8 Å². The molecule has 0 aromatic heterocycles. The van der Waals surface area contributed by atoms with Crippen molar-refractivity contribution in [3.05, 3.63) is 22.7 Å². The van der Waals surface area contributed by atoms with Crippen LogP contribution in [0.2, 0.25) is 5.02 Å². The van der Waals surface area contributed by atoms with Crippen LogP contribution in [0.15, 0.2) is 12.1 Å². The normalized spacial score (nSPS) is 20.7. The minimum atomic E-state index is -4.15. The lowest BCUT2D eigenvalue weighted by Crippen LogP contribution is -2.38. The predicted octanol–water partition coefficient (Wildman–Crippen LogP) is 3.42. The zero-order chi connectivity index (χ0) is 19.3. The fourth-order valence-electron chi connectivity index (χ4n) is 3.09. The molecule has 2 unspecified atom stereocenters. The highest BCUT2D eigenvalue weighted by Crippen LogP contribution is 2.38. The van der Waals surface area contributed by atoms with E-state index in [4.69, 9.17) is 26.8 Å². The summed E-state index contributed by atoms with van der Waals surface area (Å²) in [5.41, 5.74) is 5.79. The molecular weight excluding hydrogens is 373 g/mol. The first-order valence-corrected chi connectivity index (χ1v) is 8.66. The van der Waals surface area contributed by atoms with Gasteiger partial charge in [-0.2, -0.15) is 13.2 Å². The number of hydrogen-bond acceptors (Lipinski definition) is 4. The summed E-state index contributed by atoms with van der Waals surface area (Å²) in [7, 11) is 1.43. The van der Waals surface area contributed by atoms with Crippen LogP contribution < -0.4 is 20.5 Å². The van der Waals surface area contributed by atoms with Crippen LogP contribution in [0.4, 0.5) is 13.2 Å². The van der Waals surface area contributed by atoms with Crippen molar-refractivity contribution in [2.75, 3.05) is 13.7 Å². The zero-order valence-electron chi connectivity index (χ0n) is 14.4. The van der Waals surface area contributed by atoms with Crippen LogP contribution in [0.25, 0.3) is 0 Å². The standard InChI is InChI=1S/C17H22ClF3N2O3/c1-25-14-6-10(5-13(18)16(14)26-9-15(22)24)8-23-12-4-2-3-11(7-12)17(19,20)21/h5-6,11-12,23H,2-4,7-9H2,1H3,(H2,22,24). The fraction of sp³-hybridized carbons (Fsp3) is 0.588. The van der Waals surface area contributed by atoms with Crippen LogP contribution in [-0.2, 0) is 11.3 Å². The summed E-state index contributed by atoms with van der Waals surface area (Å²) in [6.07, 6.45) is -2.63. The van der Waals surface area contributed by atoms with Gasteiger partial charge in [-0.1, -0.05) is 18.0 Å². The van der Waals surface area contributed by atoms with E-state index < -0.39 is 18.0 Å². The molecule has 2 atom stereocenters. The van der Waals surface area contributed by atoms with E-state index in [0.717, 1.165) is 5.56 Å². The fourth-order valence-corrected chi connectivity index (χ4v) is 3.38. The number of carbonyl (C=O) groups is 1. The lowest BCUT2D eigenvalue weighted by Gasteiger charge is -2.31. The Morgan fingerprint density at radius 3 is 2.73 bits per heavy atom. The molecule has 9 heteroatoms. The van der Waals surface area contributed by atoms with Gasteiger partial charge in [-0.25, -0.2) is 0 Å². The largest absolute Gasteiger partial charge is 0.493 e. The molecule has 1 aromatic rings. The molecule has 0 heterocycles. The second-order valence-electron chi connectivity index (χ2n) is 6.35. The van der Waals surface area contributed by atoms with Gasteiger partial charge in [-0.15, -0.1) is 0 Å². The number of hydrogen-bond donors (Lipinski definition) is 2. The minimum Gasteiger partial charge on any atom is -0.493 e. The second kappa shape index (κ2) is 8.81. The van der Waals surface area contributed by atoms with Crippen LogP contribution in [0.1, 0.15) is 31.2 Å². The lowest BCUT2D eigenvalue weighted by atomic mass is 9.85. The van der Waals surface area contributed by atoms with Crippen molar-refractivity contribution in [2.24, 2.45) is 11.7 Å². The highest BCUT2D eigenvalue weighted by atomic mass is 35.5. The molecular formula is C17H22ClF3N2O3. The van der Waals surface area contributed by atoms with E-state index in [1.54, 1.807) is 12.1 Å². The number of carbonyl (C=O) groups excluding carboxylic acids is 1. The number of rotatable bonds is 7. The van der Waals surface area contributed by atoms with Gasteiger partial charge in [0, 0.05) is 12.6 Å². The Balaban J connectivity index is 2.01. The first-order chi connectivity index (χ1) is 12.2. The highest BCUT2D eigenvalue weighted by Gasteiger charge is 2.41. The molecule has 146 valence electrons. The summed E-state index contributed by atoms with van der Waals surface area (Å²) in [6.45, 7) is 0.00993. The van der Waals surface area contributed by atoms with Gasteiger partial charge in [0.25, 0.3) is 5.91 Å². The quantitative estimate of drug-likeness (QED) is 0.743. The molecule has 1 saturated carbocycles. The summed E-state index contributed by atoms with van der Waals surface area (Å²) >= 11 is 6.17. The van der Waals surface area contributed by atoms with Crippen molar-refractivity contribution >= 4 is 17.5 Å². The van der Waals surface area contributed by atoms with Crippen molar-refractivity contribution < 1.29 is 27.4 Å². The average molecular weight is 395 g/mol. The number of halogens is 4. The van der Waals surface area contributed by atoms with E-state index in [2.05, 4.69) is 5.32 Å². The Morgan fingerprint density at radius 1 is 1.38 bits per heavy atom. The van der Waals surface area contributed by atoms with E-state index in [1.165, 1.54) is 7.11 Å². The van der Waals surface area contributed by atoms with Gasteiger partial charge in [0.05, 0.1) is 18.1 Å². The molecule has 1 fully saturated rings. The van der Waals surface area contributed by atoms with Crippen molar-refractivity contribution in [3.63, 3.8) is 0 Å². The molecule has 26 heavy (non-hydrogen) atoms. The molecule has 1 aliphatic rings. The van der Waals surface area contributed by atoms with Crippen LogP contribution in [0, 0.1) is 5.92 Å². The molecule has 0 spiro atoms. The van der Waals surface area contributed by atoms with E-state index in [-0.39, 0.29) is 36.3 Å². The van der Waals surface area contributed by atoms with Crippen LogP contribution >= 0.6 is 11.6 Å². The highest BCUT2D eigenvalue weighted by molar-refractivity contribution is 6.32. The van der Waals surface area contributed by atoms with Gasteiger partial charge in [-0.05, 0) is 37.0 Å². The number of alkyl halides is 3. The Bertz CT molecular complexity index is 640. The molecule has 0 aliphatic heterocycles. The predicted molar refractivity (Wildman–Crippen MR) is 91.3 cm³/mol. The Morgan fingerprint density at radius 2 is 2.12 bits per heavy atom. The second-order valence-corrected chi connectivity index (χ2v) is 6.75. The molecule has 2 rings (SSSR count). The molecule has 5 nitrogen and oxygen atoms in total. The number of methoxy groups -OCH3 is 1. The lowest BCUT2D eigenvalue weighted by molar-refractivity contribution is -0.183. The first kappa shape index (κ1) is 20.6. The SMILES string of the molecule is COc1cc(CNC2CCCC(C(F)(F)F)C2)cc(Cl)c1OCC(N)=O. The summed E-state index contributed by atoms with van der Waals surface area (Å²) in [6, 6.07) is 3.09. The van der Waals surface area contributed by atoms with Gasteiger partial charge in [0.1, 0.15) is 0 Å². The minimum absolute atomic E-state index is 0.0776. The van der Waals surface area contributed by atoms with E-state index in [0.29, 0.717) is 25.1 Å². The van der Waals surface area contributed by atoms with Crippen molar-refractivity contribution in [2.45, 2.75) is 44.4 Å². The molecule has 3 N–H and O–H groups in total. The van der Waals surface area contributed by atoms with Crippen LogP contribution in [0.3, 0.4) is 0 Å². The third kappa shape index (κ3) is 5.67. The maximum Gasteiger partial charge on any atom is 0.391 e. The van der Waals surface area contributed by atoms with Crippen molar-refractivity contribution in [3.8, 4) is 11.5 Å². The maximum absolute atomic E-state index is 12.9. The zero-order valence-corrected chi connectivity index (χ0v) is 15.1. The first-order valence-electron chi connectivity index (χ1n) is 8.28. The summed E-state index contributed by atoms with van der Waals surface area (Å²) in [4.78, 5) is 10.8. The van der Waals surface area contributed by atoms with Crippen molar-refractivity contribution in [1.29, 1.82) is 0 Å². The molecule has 0 radical (unpaired) electrons. The third-order valence-corrected chi connectivity index (χ3v) is 4.66. The van der Waals surface area contributed by atoms with Gasteiger partial charge in [0.15, 0.2) is 18.1 Å². The summed E-state index contributed by atoms with van der Waals surface area (Å²) in [5, 5.41) is 3.39. The van der Waals surface area contributed by atoms with Crippen molar-refractivity contribution in [1.82, 2.24) is 5.32 Å². The van der Waals surface area contributed by atoms with Crippen LogP contribution in [0.5, 0.6) is 11.5 Å². The molecule has 1 amide bonds. The van der Waals surface area contributed by atoms with E-state index in [1.807, 2.05) is 0 Å². The van der Waals surface area contributed by atoms with Gasteiger partial charge in [-0.3, -0.25) is 4.79 Å². The van der Waals surface area contributed by atoms with Gasteiger partial charge >= 0.3 is 6.18 Å². The van der Waals surface area contributed by atoms with E-state index >= 15 is 0 Å². The van der Waals surface area contributed by atoms with Gasteiger partial charge < -0.3 is 20.5 Å². The number of amides is 1. The maximum atomic E-state index is 12.9. The summed E-state index contributed by atoms with van der Waals surface area (Å²) < 4.78 is 49.1. The summed E-state index contributed by atoms with van der Waals surface area (Å²) in [5.74, 6) is -1.37. The number of nitrogens with two attached hydrogens (primary N) is 1. The Labute approximate surface area is 155 Å². The van der Waals surface area contributed by atoms with Gasteiger partial charge in [0.2, 0.25) is 0 Å².